The molecule has 2 heterocycles. The van der Waals surface area contributed by atoms with Crippen LogP contribution in [0.25, 0.3) is 0 Å². The average molecular weight is 622 g/mol. The maximum absolute atomic E-state index is 13.9. The van der Waals surface area contributed by atoms with Gasteiger partial charge in [-0.3, -0.25) is 0 Å². The molecule has 6 atom stereocenters. The number of benzene rings is 2. The molecule has 11 heteroatoms. The molecule has 0 radical (unpaired) electrons. The molecule has 2 bridgehead atoms. The Morgan fingerprint density at radius 1 is 1.07 bits per heavy atom. The number of likely N-dealkylation sites (N-methyl/N-ethyl adjacent to an activating group) is 1. The summed E-state index contributed by atoms with van der Waals surface area (Å²) in [5, 5.41) is 12.4. The lowest BCUT2D eigenvalue weighted by Gasteiger charge is -2.61. The van der Waals surface area contributed by atoms with Crippen LogP contribution in [0.3, 0.4) is 0 Å². The molecule has 4 aliphatic rings. The van der Waals surface area contributed by atoms with E-state index >= 15 is 0 Å². The zero-order chi connectivity index (χ0) is 32.3. The van der Waals surface area contributed by atoms with Gasteiger partial charge in [-0.05, 0) is 71.8 Å². The Labute approximate surface area is 262 Å². The largest absolute Gasteiger partial charge is 0.509 e. The van der Waals surface area contributed by atoms with Crippen molar-refractivity contribution in [3.8, 4) is 11.5 Å². The first kappa shape index (κ1) is 30.9. The number of rotatable bonds is 7. The van der Waals surface area contributed by atoms with Gasteiger partial charge in [-0.15, -0.1) is 0 Å². The number of nitrogens with zero attached hydrogens (tertiary/aromatic N) is 1. The Bertz CT molecular complexity index is 1550. The zero-order valence-corrected chi connectivity index (χ0v) is 26.3. The molecule has 0 saturated carbocycles. The van der Waals surface area contributed by atoms with Crippen LogP contribution in [-0.4, -0.2) is 78.3 Å². The maximum atomic E-state index is 13.9. The number of aliphatic hydroxyl groups is 1. The number of hydrogen-bond donors (Lipinski definition) is 1. The lowest BCUT2D eigenvalue weighted by molar-refractivity contribution is -0.179. The molecule has 1 fully saturated rings. The molecular weight excluding hydrogens is 582 g/mol. The number of methoxy groups -OCH3 is 1. The summed E-state index contributed by atoms with van der Waals surface area (Å²) < 4.78 is 34.1. The van der Waals surface area contributed by atoms with Crippen LogP contribution in [0.4, 0.5) is 4.79 Å². The van der Waals surface area contributed by atoms with Crippen molar-refractivity contribution in [2.75, 3.05) is 20.7 Å². The summed E-state index contributed by atoms with van der Waals surface area (Å²) >= 11 is 0. The minimum atomic E-state index is -1.48. The number of ether oxygens (including phenoxy) is 6. The highest BCUT2D eigenvalue weighted by molar-refractivity contribution is 5.84. The number of carbonyl (C=O) groups excluding carboxylic acids is 3. The summed E-state index contributed by atoms with van der Waals surface area (Å²) in [5.41, 5.74) is -0.541. The van der Waals surface area contributed by atoms with Gasteiger partial charge in [0.15, 0.2) is 23.7 Å². The summed E-state index contributed by atoms with van der Waals surface area (Å²) in [6, 6.07) is 12.2. The second-order valence-electron chi connectivity index (χ2n) is 13.2. The standard InChI is InChI=1S/C34H39NO10/c1-19(41-31(38)45-32(2,3)4)29(36)44-26(20-10-8-7-9-11-20)30(37)42-23-14-15-34(39)24-18-21-12-13-22(40-6)27-25(21)33(34,28(23)43-27)16-17-35(24)5/h7-14,19,24,26,28,39H,15-18H2,1-6H3/t19-,24-,26-,28-,33-,34+/m0/s1. The topological polar surface area (TPSA) is 130 Å². The Hall–Kier alpha value is -4.09. The molecule has 6 rings (SSSR count). The minimum Gasteiger partial charge on any atom is -0.493 e. The Balaban J connectivity index is 1.30. The Kier molecular flexibility index (Phi) is 7.60. The maximum Gasteiger partial charge on any atom is 0.509 e. The van der Waals surface area contributed by atoms with Crippen molar-refractivity contribution in [3.63, 3.8) is 0 Å². The van der Waals surface area contributed by atoms with Crippen LogP contribution in [0.5, 0.6) is 11.5 Å². The van der Waals surface area contributed by atoms with Gasteiger partial charge >= 0.3 is 18.1 Å². The fourth-order valence-corrected chi connectivity index (χ4v) is 7.32. The molecule has 45 heavy (non-hydrogen) atoms. The molecule has 0 amide bonds. The van der Waals surface area contributed by atoms with Crippen molar-refractivity contribution >= 4 is 18.1 Å². The van der Waals surface area contributed by atoms with Crippen molar-refractivity contribution in [2.45, 2.75) is 87.9 Å². The van der Waals surface area contributed by atoms with E-state index in [1.165, 1.54) is 6.92 Å². The lowest BCUT2D eigenvalue weighted by atomic mass is 9.50. The molecule has 2 aliphatic carbocycles. The summed E-state index contributed by atoms with van der Waals surface area (Å²) in [6.07, 6.45) is -1.54. The van der Waals surface area contributed by atoms with E-state index in [9.17, 15) is 19.5 Å². The summed E-state index contributed by atoms with van der Waals surface area (Å²) in [5.74, 6) is -0.503. The molecule has 0 aromatic heterocycles. The van der Waals surface area contributed by atoms with E-state index in [0.717, 1.165) is 11.1 Å². The third kappa shape index (κ3) is 5.02. The molecule has 1 spiro atoms. The van der Waals surface area contributed by atoms with Crippen LogP contribution in [0.15, 0.2) is 54.3 Å². The van der Waals surface area contributed by atoms with Gasteiger partial charge in [0, 0.05) is 23.6 Å². The van der Waals surface area contributed by atoms with Crippen LogP contribution in [-0.2, 0) is 40.4 Å². The van der Waals surface area contributed by atoms with Crippen molar-refractivity contribution in [3.05, 3.63) is 71.0 Å². The molecular formula is C34H39NO10. The first-order valence-electron chi connectivity index (χ1n) is 15.2. The van der Waals surface area contributed by atoms with Gasteiger partial charge in [-0.25, -0.2) is 14.4 Å². The van der Waals surface area contributed by atoms with Gasteiger partial charge in [0.1, 0.15) is 11.4 Å². The predicted octanol–water partition coefficient (Wildman–Crippen LogP) is 4.14. The van der Waals surface area contributed by atoms with Gasteiger partial charge < -0.3 is 38.4 Å². The van der Waals surface area contributed by atoms with Crippen LogP contribution < -0.4 is 9.47 Å². The number of hydrogen-bond acceptors (Lipinski definition) is 11. The molecule has 2 aromatic carbocycles. The summed E-state index contributed by atoms with van der Waals surface area (Å²) in [6.45, 7) is 7.05. The van der Waals surface area contributed by atoms with Crippen LogP contribution >= 0.6 is 0 Å². The molecule has 0 unspecified atom stereocenters. The van der Waals surface area contributed by atoms with Gasteiger partial charge in [0.2, 0.25) is 6.10 Å². The number of piperidine rings is 1. The zero-order valence-electron chi connectivity index (χ0n) is 26.3. The average Bonchev–Trinajstić information content (AvgIpc) is 3.34. The van der Waals surface area contributed by atoms with E-state index in [-0.39, 0.29) is 18.2 Å². The summed E-state index contributed by atoms with van der Waals surface area (Å²) in [7, 11) is 3.58. The minimum absolute atomic E-state index is 0.165. The van der Waals surface area contributed by atoms with E-state index in [0.29, 0.717) is 36.4 Å². The fraction of sp³-hybridized carbons (Fsp3) is 0.500. The molecule has 11 nitrogen and oxygen atoms in total. The van der Waals surface area contributed by atoms with Crippen molar-refractivity contribution in [2.24, 2.45) is 0 Å². The second-order valence-corrected chi connectivity index (χ2v) is 13.2. The van der Waals surface area contributed by atoms with Gasteiger partial charge in [-0.2, -0.15) is 0 Å². The van der Waals surface area contributed by atoms with E-state index in [1.54, 1.807) is 64.3 Å². The molecule has 1 N–H and O–H groups in total. The third-order valence-corrected chi connectivity index (χ3v) is 9.32. The second kappa shape index (κ2) is 11.1. The fourth-order valence-electron chi connectivity index (χ4n) is 7.32. The summed E-state index contributed by atoms with van der Waals surface area (Å²) in [4.78, 5) is 41.3. The quantitative estimate of drug-likeness (QED) is 0.354. The normalized spacial score (nSPS) is 27.6. The van der Waals surface area contributed by atoms with Crippen LogP contribution in [0, 0.1) is 0 Å². The number of carbonyl (C=O) groups is 3. The predicted molar refractivity (Wildman–Crippen MR) is 160 cm³/mol. The van der Waals surface area contributed by atoms with E-state index in [2.05, 4.69) is 4.90 Å². The van der Waals surface area contributed by atoms with Gasteiger partial charge in [-0.1, -0.05) is 36.4 Å². The molecule has 1 saturated heterocycles. The van der Waals surface area contributed by atoms with E-state index in [4.69, 9.17) is 28.4 Å². The number of likely N-dealkylation sites (tertiary alicyclic amines) is 1. The third-order valence-electron chi connectivity index (χ3n) is 9.32. The monoisotopic (exact) mass is 621 g/mol. The van der Waals surface area contributed by atoms with E-state index in [1.807, 2.05) is 19.2 Å². The van der Waals surface area contributed by atoms with Gasteiger partial charge in [0.05, 0.1) is 18.1 Å². The van der Waals surface area contributed by atoms with Gasteiger partial charge in [0.25, 0.3) is 0 Å². The Morgan fingerprint density at radius 2 is 1.80 bits per heavy atom. The lowest BCUT2D eigenvalue weighted by Crippen LogP contribution is -2.74. The smallest absolute Gasteiger partial charge is 0.493 e. The molecule has 240 valence electrons. The molecule has 2 aromatic rings. The first-order chi connectivity index (χ1) is 21.3. The highest BCUT2D eigenvalue weighted by Gasteiger charge is 2.72. The van der Waals surface area contributed by atoms with Crippen molar-refractivity contribution in [1.29, 1.82) is 0 Å². The van der Waals surface area contributed by atoms with E-state index < -0.39 is 53.0 Å². The van der Waals surface area contributed by atoms with Crippen molar-refractivity contribution in [1.82, 2.24) is 4.90 Å². The van der Waals surface area contributed by atoms with Crippen LogP contribution in [0.1, 0.15) is 63.3 Å². The SMILES string of the molecule is COc1ccc2c3c1O[C@H]1C(OC(=O)[C@@H](OC(=O)[C@H](C)OC(=O)OC(C)(C)C)c4ccccc4)=CC[C@@]4(O)[C@H](C2)N(C)CC[C@]314. The van der Waals surface area contributed by atoms with Crippen molar-refractivity contribution < 1.29 is 47.9 Å². The highest BCUT2D eigenvalue weighted by atomic mass is 16.7. The highest BCUT2D eigenvalue weighted by Crippen LogP contribution is 2.65. The first-order valence-corrected chi connectivity index (χ1v) is 15.2. The van der Waals surface area contributed by atoms with Crippen LogP contribution in [0.2, 0.25) is 0 Å². The molecule has 2 aliphatic heterocycles. The number of esters is 2. The Morgan fingerprint density at radius 3 is 2.49 bits per heavy atom.